The lowest BCUT2D eigenvalue weighted by atomic mass is 9.66. The van der Waals surface area contributed by atoms with Crippen molar-refractivity contribution in [2.75, 3.05) is 20.8 Å². The molecule has 1 saturated carbocycles. The SMILES string of the molecule is COc1cc2c(cc1OC)[C@]13CCCC(=O)[C@H]1CC(=O)N3CC2. The van der Waals surface area contributed by atoms with Gasteiger partial charge in [0.15, 0.2) is 11.5 Å². The molecule has 4 rings (SSSR count). The minimum Gasteiger partial charge on any atom is -0.493 e. The van der Waals surface area contributed by atoms with E-state index in [9.17, 15) is 9.59 Å². The Labute approximate surface area is 135 Å². The van der Waals surface area contributed by atoms with Gasteiger partial charge in [-0.15, -0.1) is 0 Å². The summed E-state index contributed by atoms with van der Waals surface area (Å²) in [5.41, 5.74) is 1.80. The van der Waals surface area contributed by atoms with Crippen LogP contribution in [0, 0.1) is 5.92 Å². The maximum atomic E-state index is 12.5. The molecule has 1 aromatic carbocycles. The molecule has 1 aliphatic carbocycles. The van der Waals surface area contributed by atoms with Crippen LogP contribution in [0.2, 0.25) is 0 Å². The van der Waals surface area contributed by atoms with Crippen LogP contribution in [0.15, 0.2) is 12.1 Å². The number of amides is 1. The molecular formula is C18H21NO4. The van der Waals surface area contributed by atoms with Crippen molar-refractivity contribution in [2.24, 2.45) is 5.92 Å². The van der Waals surface area contributed by atoms with Gasteiger partial charge in [0, 0.05) is 19.4 Å². The van der Waals surface area contributed by atoms with Gasteiger partial charge in [0.05, 0.1) is 25.7 Å². The molecule has 2 fully saturated rings. The third kappa shape index (κ3) is 1.79. The topological polar surface area (TPSA) is 55.8 Å². The van der Waals surface area contributed by atoms with Crippen molar-refractivity contribution >= 4 is 11.7 Å². The standard InChI is InChI=1S/C18H21NO4/c1-22-15-8-11-5-7-19-17(21)10-13-14(20)4-3-6-18(13,19)12(11)9-16(15)23-2/h8-9,13H,3-7,10H2,1-2H3/t13-,18-/m1/s1. The largest absolute Gasteiger partial charge is 0.493 e. The summed E-state index contributed by atoms with van der Waals surface area (Å²) in [6.45, 7) is 0.686. The number of carbonyl (C=O) groups is 2. The Morgan fingerprint density at radius 3 is 2.61 bits per heavy atom. The Hall–Kier alpha value is -2.04. The van der Waals surface area contributed by atoms with Gasteiger partial charge in [0.25, 0.3) is 0 Å². The second-order valence-electron chi connectivity index (χ2n) is 6.66. The monoisotopic (exact) mass is 315 g/mol. The Balaban J connectivity index is 1.94. The molecule has 1 aromatic rings. The molecule has 5 nitrogen and oxygen atoms in total. The predicted molar refractivity (Wildman–Crippen MR) is 83.6 cm³/mol. The fourth-order valence-electron chi connectivity index (χ4n) is 4.82. The Morgan fingerprint density at radius 2 is 1.87 bits per heavy atom. The van der Waals surface area contributed by atoms with E-state index < -0.39 is 5.54 Å². The molecule has 0 bridgehead atoms. The van der Waals surface area contributed by atoms with E-state index in [1.54, 1.807) is 14.2 Å². The molecule has 1 saturated heterocycles. The van der Waals surface area contributed by atoms with E-state index in [2.05, 4.69) is 0 Å². The highest BCUT2D eigenvalue weighted by atomic mass is 16.5. The number of hydrogen-bond acceptors (Lipinski definition) is 4. The number of carbonyl (C=O) groups excluding carboxylic acids is 2. The summed E-state index contributed by atoms with van der Waals surface area (Å²) < 4.78 is 10.9. The molecule has 23 heavy (non-hydrogen) atoms. The molecule has 3 aliphatic rings. The van der Waals surface area contributed by atoms with E-state index >= 15 is 0 Å². The molecular weight excluding hydrogens is 294 g/mol. The smallest absolute Gasteiger partial charge is 0.224 e. The van der Waals surface area contributed by atoms with Gasteiger partial charge < -0.3 is 14.4 Å². The van der Waals surface area contributed by atoms with E-state index in [0.29, 0.717) is 30.9 Å². The Bertz CT molecular complexity index is 699. The van der Waals surface area contributed by atoms with Crippen molar-refractivity contribution < 1.29 is 19.1 Å². The highest BCUT2D eigenvalue weighted by molar-refractivity contribution is 5.94. The van der Waals surface area contributed by atoms with E-state index in [1.165, 1.54) is 5.56 Å². The van der Waals surface area contributed by atoms with Crippen LogP contribution < -0.4 is 9.47 Å². The van der Waals surface area contributed by atoms with E-state index in [-0.39, 0.29) is 17.6 Å². The molecule has 5 heteroatoms. The summed E-state index contributed by atoms with van der Waals surface area (Å²) in [4.78, 5) is 27.0. The molecule has 0 radical (unpaired) electrons. The summed E-state index contributed by atoms with van der Waals surface area (Å²) in [7, 11) is 3.25. The lowest BCUT2D eigenvalue weighted by molar-refractivity contribution is -0.134. The van der Waals surface area contributed by atoms with Crippen LogP contribution in [0.4, 0.5) is 0 Å². The fraction of sp³-hybridized carbons (Fsp3) is 0.556. The van der Waals surface area contributed by atoms with E-state index in [0.717, 1.165) is 24.8 Å². The minimum atomic E-state index is -0.459. The van der Waals surface area contributed by atoms with Gasteiger partial charge in [-0.05, 0) is 42.5 Å². The maximum absolute atomic E-state index is 12.5. The summed E-state index contributed by atoms with van der Waals surface area (Å²) in [5, 5.41) is 0. The summed E-state index contributed by atoms with van der Waals surface area (Å²) in [6.07, 6.45) is 3.44. The van der Waals surface area contributed by atoms with Crippen LogP contribution in [0.25, 0.3) is 0 Å². The van der Waals surface area contributed by atoms with Crippen molar-refractivity contribution in [1.29, 1.82) is 0 Å². The van der Waals surface area contributed by atoms with E-state index in [1.807, 2.05) is 17.0 Å². The van der Waals surface area contributed by atoms with Crippen LogP contribution in [-0.2, 0) is 21.5 Å². The van der Waals surface area contributed by atoms with Gasteiger partial charge in [-0.2, -0.15) is 0 Å². The number of ketones is 1. The zero-order valence-electron chi connectivity index (χ0n) is 13.6. The van der Waals surface area contributed by atoms with E-state index in [4.69, 9.17) is 9.47 Å². The second-order valence-corrected chi connectivity index (χ2v) is 6.66. The minimum absolute atomic E-state index is 0.116. The van der Waals surface area contributed by atoms with Crippen molar-refractivity contribution in [3.05, 3.63) is 23.3 Å². The summed E-state index contributed by atoms with van der Waals surface area (Å²) in [6, 6.07) is 4.00. The van der Waals surface area contributed by atoms with Crippen molar-refractivity contribution in [3.8, 4) is 11.5 Å². The first kappa shape index (κ1) is 14.5. The Kier molecular flexibility index (Phi) is 3.15. The quantitative estimate of drug-likeness (QED) is 0.838. The summed E-state index contributed by atoms with van der Waals surface area (Å²) >= 11 is 0. The lowest BCUT2D eigenvalue weighted by Gasteiger charge is -2.48. The lowest BCUT2D eigenvalue weighted by Crippen LogP contribution is -2.54. The molecule has 2 atom stereocenters. The van der Waals surface area contributed by atoms with Crippen molar-refractivity contribution in [3.63, 3.8) is 0 Å². The van der Waals surface area contributed by atoms with Crippen LogP contribution in [0.1, 0.15) is 36.8 Å². The number of nitrogens with zero attached hydrogens (tertiary/aromatic N) is 1. The van der Waals surface area contributed by atoms with Crippen molar-refractivity contribution in [2.45, 2.75) is 37.6 Å². The average Bonchev–Trinajstić information content (AvgIpc) is 2.88. The van der Waals surface area contributed by atoms with Crippen molar-refractivity contribution in [1.82, 2.24) is 4.90 Å². The normalized spacial score (nSPS) is 29.0. The van der Waals surface area contributed by atoms with Gasteiger partial charge in [0.1, 0.15) is 5.78 Å². The van der Waals surface area contributed by atoms with Crippen LogP contribution >= 0.6 is 0 Å². The van der Waals surface area contributed by atoms with Crippen LogP contribution in [-0.4, -0.2) is 37.4 Å². The third-order valence-corrected chi connectivity index (χ3v) is 5.79. The zero-order chi connectivity index (χ0) is 16.2. The highest BCUT2D eigenvalue weighted by Gasteiger charge is 2.59. The van der Waals surface area contributed by atoms with Gasteiger partial charge in [-0.1, -0.05) is 0 Å². The van der Waals surface area contributed by atoms with Gasteiger partial charge in [0.2, 0.25) is 5.91 Å². The first-order valence-corrected chi connectivity index (χ1v) is 8.20. The first-order chi connectivity index (χ1) is 11.1. The highest BCUT2D eigenvalue weighted by Crippen LogP contribution is 2.55. The number of ether oxygens (including phenoxy) is 2. The molecule has 1 amide bonds. The van der Waals surface area contributed by atoms with Crippen LogP contribution in [0.5, 0.6) is 11.5 Å². The summed E-state index contributed by atoms with van der Waals surface area (Å²) in [5.74, 6) is 1.51. The van der Waals surface area contributed by atoms with Crippen LogP contribution in [0.3, 0.4) is 0 Å². The molecule has 2 aliphatic heterocycles. The molecule has 0 aromatic heterocycles. The van der Waals surface area contributed by atoms with Gasteiger partial charge >= 0.3 is 0 Å². The number of methoxy groups -OCH3 is 2. The average molecular weight is 315 g/mol. The Morgan fingerprint density at radius 1 is 1.13 bits per heavy atom. The molecule has 2 heterocycles. The number of hydrogen-bond donors (Lipinski definition) is 0. The first-order valence-electron chi connectivity index (χ1n) is 8.20. The third-order valence-electron chi connectivity index (χ3n) is 5.79. The molecule has 0 unspecified atom stereocenters. The van der Waals surface area contributed by atoms with Gasteiger partial charge in [-0.25, -0.2) is 0 Å². The predicted octanol–water partition coefficient (Wildman–Crippen LogP) is 2.06. The molecule has 0 N–H and O–H groups in total. The van der Waals surface area contributed by atoms with Gasteiger partial charge in [-0.3, -0.25) is 9.59 Å². The maximum Gasteiger partial charge on any atom is 0.224 e. The fourth-order valence-corrected chi connectivity index (χ4v) is 4.82. The zero-order valence-corrected chi connectivity index (χ0v) is 13.6. The molecule has 1 spiro atoms. The second kappa shape index (κ2) is 4.98. The number of rotatable bonds is 2. The number of benzene rings is 1. The number of Topliss-reactive ketones (excluding diaryl/α,β-unsaturated/α-hetero) is 1. The molecule has 122 valence electrons. The number of fused-ring (bicyclic) bond motifs is 1.